The smallest absolute Gasteiger partial charge is 0.400 e. The molecule has 0 radical (unpaired) electrons. The number of hydrogen-bond donors (Lipinski definition) is 1. The molecule has 1 aromatic carbocycles. The van der Waals surface area contributed by atoms with Crippen LogP contribution in [0.1, 0.15) is 5.56 Å². The summed E-state index contributed by atoms with van der Waals surface area (Å²) < 4.78 is 0. The van der Waals surface area contributed by atoms with Crippen molar-refractivity contribution in [2.75, 3.05) is 5.73 Å². The second-order valence-electron chi connectivity index (χ2n) is 1.95. The first-order valence-electron chi connectivity index (χ1n) is 3.04. The minimum Gasteiger partial charge on any atom is -0.400 e. The van der Waals surface area contributed by atoms with Crippen molar-refractivity contribution in [3.05, 3.63) is 29.8 Å². The Kier molecular flexibility index (Phi) is 5.69. The summed E-state index contributed by atoms with van der Waals surface area (Å²) in [4.78, 5) is 0. The van der Waals surface area contributed by atoms with Crippen LogP contribution in [0.15, 0.2) is 34.5 Å². The molecule has 0 fully saturated rings. The molecule has 0 heterocycles. The van der Waals surface area contributed by atoms with E-state index in [2.05, 4.69) is 16.4 Å². The maximum absolute atomic E-state index is 5.45. The monoisotopic (exact) mass is 383 g/mol. The van der Waals surface area contributed by atoms with Crippen LogP contribution in [0.5, 0.6) is 0 Å². The van der Waals surface area contributed by atoms with Gasteiger partial charge in [0.2, 0.25) is 0 Å². The molecule has 0 saturated carbocycles. The summed E-state index contributed by atoms with van der Waals surface area (Å²) in [5, 5.41) is 6.42. The van der Waals surface area contributed by atoms with E-state index in [4.69, 9.17) is 12.5 Å². The van der Waals surface area contributed by atoms with E-state index in [-0.39, 0.29) is 31.1 Å². The molecule has 0 amide bonds. The van der Waals surface area contributed by atoms with Crippen molar-refractivity contribution in [3.63, 3.8) is 0 Å². The summed E-state index contributed by atoms with van der Waals surface area (Å²) in [5.41, 5.74) is 6.96. The normalized spacial score (nSPS) is 9.33. The standard InChI is InChI=1S/C8H7N3.U/c1-10-11-6-7-2-4-8(9)5-3-7;/h1-5H,9H2;/q-2;+2. The van der Waals surface area contributed by atoms with E-state index >= 15 is 0 Å². The first kappa shape index (κ1) is 11.4. The molecule has 0 aliphatic carbocycles. The fourth-order valence-corrected chi connectivity index (χ4v) is 0.644. The fourth-order valence-electron chi connectivity index (χ4n) is 0.644. The number of nitrogens with two attached hydrogens (primary N) is 1. The predicted octanol–water partition coefficient (Wildman–Crippen LogP) is 1.06. The molecular formula is C8H7N3U. The molecule has 4 heteroatoms. The second-order valence-corrected chi connectivity index (χ2v) is 1.95. The van der Waals surface area contributed by atoms with Crippen molar-refractivity contribution in [1.82, 2.24) is 0 Å². The van der Waals surface area contributed by atoms with Gasteiger partial charge in [-0.2, -0.15) is 17.7 Å². The average Bonchev–Trinajstić information content (AvgIpc) is 2.04. The quantitative estimate of drug-likeness (QED) is 0.353. The van der Waals surface area contributed by atoms with Gasteiger partial charge in [-0.1, -0.05) is 12.1 Å². The molecule has 0 bridgehead atoms. The summed E-state index contributed by atoms with van der Waals surface area (Å²) in [6.45, 7) is 4.78. The Morgan fingerprint density at radius 2 is 1.83 bits per heavy atom. The zero-order chi connectivity index (χ0) is 8.10. The van der Waals surface area contributed by atoms with E-state index in [0.29, 0.717) is 5.69 Å². The van der Waals surface area contributed by atoms with Gasteiger partial charge in [0.1, 0.15) is 0 Å². The molecule has 1 aromatic rings. The van der Waals surface area contributed by atoms with Crippen LogP contribution < -0.4 is 5.73 Å². The zero-order valence-electron chi connectivity index (χ0n) is 6.36. The number of hydrogen-bond acceptors (Lipinski definition) is 3. The maximum atomic E-state index is 5.45. The summed E-state index contributed by atoms with van der Waals surface area (Å²) in [7, 11) is 0. The van der Waals surface area contributed by atoms with Crippen molar-refractivity contribution >= 4 is 18.6 Å². The van der Waals surface area contributed by atoms with Crippen LogP contribution in [-0.2, 0) is 0 Å². The molecule has 0 unspecified atom stereocenters. The van der Waals surface area contributed by atoms with Crippen molar-refractivity contribution in [2.45, 2.75) is 0 Å². The van der Waals surface area contributed by atoms with Crippen LogP contribution >= 0.6 is 0 Å². The number of nitrogens with zero attached hydrogens (tertiary/aromatic N) is 2. The molecule has 0 atom stereocenters. The predicted molar refractivity (Wildman–Crippen MR) is 45.9 cm³/mol. The minimum atomic E-state index is 0. The minimum absolute atomic E-state index is 0. The van der Waals surface area contributed by atoms with E-state index in [0.717, 1.165) is 5.56 Å². The molecule has 0 saturated heterocycles. The number of anilines is 1. The molecular weight excluding hydrogens is 376 g/mol. The molecule has 0 aliphatic rings. The van der Waals surface area contributed by atoms with Crippen molar-refractivity contribution < 1.29 is 31.1 Å². The van der Waals surface area contributed by atoms with Crippen LogP contribution in [0.3, 0.4) is 0 Å². The Morgan fingerprint density at radius 3 is 2.33 bits per heavy atom. The van der Waals surface area contributed by atoms with Crippen LogP contribution in [0.25, 0.3) is 0 Å². The zero-order valence-corrected chi connectivity index (χ0v) is 10.5. The molecule has 2 N–H and O–H groups in total. The second kappa shape index (κ2) is 5.99. The first-order valence-corrected chi connectivity index (χ1v) is 3.04. The van der Waals surface area contributed by atoms with Gasteiger partial charge in [0.05, 0.1) is 0 Å². The molecule has 0 spiro atoms. The number of nitrogen functional groups attached to an aromatic ring is 1. The van der Waals surface area contributed by atoms with Gasteiger partial charge >= 0.3 is 31.1 Å². The molecule has 0 aliphatic heterocycles. The topological polar surface area (TPSA) is 50.7 Å². The van der Waals surface area contributed by atoms with Crippen LogP contribution in [0.2, 0.25) is 0 Å². The Labute approximate surface area is 95.1 Å². The third-order valence-electron chi connectivity index (χ3n) is 1.15. The van der Waals surface area contributed by atoms with Crippen molar-refractivity contribution in [3.8, 4) is 0 Å². The molecule has 58 valence electrons. The number of benzene rings is 1. The summed E-state index contributed by atoms with van der Waals surface area (Å²) in [6.07, 6.45) is 2.60. The van der Waals surface area contributed by atoms with Gasteiger partial charge in [0, 0.05) is 5.69 Å². The molecule has 12 heavy (non-hydrogen) atoms. The Balaban J connectivity index is 0.00000121. The largest absolute Gasteiger partial charge is 2.00 e. The average molecular weight is 383 g/mol. The first-order chi connectivity index (χ1) is 5.33. The maximum Gasteiger partial charge on any atom is 2.00 e. The van der Waals surface area contributed by atoms with Crippen LogP contribution in [-0.4, -0.2) is 12.9 Å². The molecule has 3 nitrogen and oxygen atoms in total. The van der Waals surface area contributed by atoms with Gasteiger partial charge in [-0.05, 0) is 6.21 Å². The Bertz CT molecular complexity index is 266. The Morgan fingerprint density at radius 1 is 1.25 bits per heavy atom. The van der Waals surface area contributed by atoms with Crippen LogP contribution in [0.4, 0.5) is 5.69 Å². The van der Waals surface area contributed by atoms with Crippen molar-refractivity contribution in [2.24, 2.45) is 10.2 Å². The van der Waals surface area contributed by atoms with Gasteiger partial charge in [-0.15, -0.1) is 0 Å². The van der Waals surface area contributed by atoms with Gasteiger partial charge in [-0.3, -0.25) is 5.10 Å². The van der Waals surface area contributed by atoms with E-state index in [9.17, 15) is 0 Å². The van der Waals surface area contributed by atoms with Crippen LogP contribution in [0, 0.1) is 31.1 Å². The molecule has 0 aromatic heterocycles. The SMILES string of the molecule is [CH-]=NN=[C-]c1ccc(N)cc1.[U+2]. The summed E-state index contributed by atoms with van der Waals surface area (Å²) >= 11 is 0. The van der Waals surface area contributed by atoms with Gasteiger partial charge in [-0.25, -0.2) is 0 Å². The van der Waals surface area contributed by atoms with Gasteiger partial charge < -0.3 is 17.6 Å². The Hall–Kier alpha value is -0.588. The number of rotatable bonds is 2. The summed E-state index contributed by atoms with van der Waals surface area (Å²) in [6, 6.07) is 7.08. The van der Waals surface area contributed by atoms with E-state index in [1.165, 1.54) is 0 Å². The third kappa shape index (κ3) is 3.70. The van der Waals surface area contributed by atoms with E-state index in [1.807, 2.05) is 0 Å². The third-order valence-corrected chi connectivity index (χ3v) is 1.15. The van der Waals surface area contributed by atoms with E-state index < -0.39 is 0 Å². The summed E-state index contributed by atoms with van der Waals surface area (Å²) in [5.74, 6) is 0. The fraction of sp³-hybridized carbons (Fsp3) is 0. The van der Waals surface area contributed by atoms with Crippen molar-refractivity contribution in [1.29, 1.82) is 0 Å². The van der Waals surface area contributed by atoms with Gasteiger partial charge in [0.15, 0.2) is 0 Å². The molecule has 1 rings (SSSR count). The van der Waals surface area contributed by atoms with Gasteiger partial charge in [0.25, 0.3) is 0 Å². The van der Waals surface area contributed by atoms with E-state index in [1.54, 1.807) is 24.3 Å².